The van der Waals surface area contributed by atoms with Crippen molar-refractivity contribution in [2.75, 3.05) is 58.9 Å². The van der Waals surface area contributed by atoms with Gasteiger partial charge in [0.25, 0.3) is 17.9 Å². The molecule has 0 aromatic rings. The van der Waals surface area contributed by atoms with Crippen molar-refractivity contribution in [3.05, 3.63) is 36.5 Å². The van der Waals surface area contributed by atoms with Crippen molar-refractivity contribution in [3.8, 4) is 0 Å². The highest BCUT2D eigenvalue weighted by atomic mass is 27.3. The molecular weight excluding hydrogens is 964 g/mol. The van der Waals surface area contributed by atoms with E-state index >= 15 is 0 Å². The van der Waals surface area contributed by atoms with Gasteiger partial charge in [0.2, 0.25) is 0 Å². The van der Waals surface area contributed by atoms with Crippen LogP contribution in [0.25, 0.3) is 0 Å². The first kappa shape index (κ1) is 66.9. The fraction of sp³-hybridized carbons (Fsp3) is 0.810. The number of rotatable bonds is 54. The molecule has 3 rings (SSSR count). The van der Waals surface area contributed by atoms with Gasteiger partial charge in [0.15, 0.2) is 0 Å². The van der Waals surface area contributed by atoms with E-state index in [1.165, 1.54) is 135 Å². The van der Waals surface area contributed by atoms with Crippen LogP contribution in [0.4, 0.5) is 0 Å². The highest BCUT2D eigenvalue weighted by Crippen LogP contribution is 2.16. The van der Waals surface area contributed by atoms with E-state index in [1.807, 2.05) is 19.0 Å². The first-order chi connectivity index (χ1) is 37.6. The molecule has 12 nitrogen and oxygen atoms in total. The molecule has 0 atom stereocenters. The summed E-state index contributed by atoms with van der Waals surface area (Å²) in [5, 5.41) is 0. The molecule has 76 heavy (non-hydrogen) atoms. The number of carbonyl (C=O) groups excluding carboxylic acids is 3. The van der Waals surface area contributed by atoms with Gasteiger partial charge in [-0.3, -0.25) is 29.4 Å². The molecule has 0 saturated carbocycles. The number of hydrogen-bond acceptors (Lipinski definition) is 12. The second-order valence-corrected chi connectivity index (χ2v) is 23.3. The van der Waals surface area contributed by atoms with Crippen LogP contribution >= 0.6 is 0 Å². The van der Waals surface area contributed by atoms with Crippen LogP contribution < -0.4 is 0 Å². The summed E-state index contributed by atoms with van der Waals surface area (Å²) in [6.45, 7) is 9.67. The van der Waals surface area contributed by atoms with Gasteiger partial charge in [-0.25, -0.2) is 0 Å². The first-order valence-corrected chi connectivity index (χ1v) is 33.3. The summed E-state index contributed by atoms with van der Waals surface area (Å²) >= 11 is -3.30. The monoisotopic (exact) mass is 1070 g/mol. The Morgan fingerprint density at radius 2 is 0.526 bits per heavy atom. The fourth-order valence-corrected chi connectivity index (χ4v) is 11.2. The number of nitrogens with zero attached hydrogens (tertiary/aromatic N) is 6. The SMILES string of the molecule is O=C(CCCCCCC/C=C\CCCCCCCCN1C=NCC1)[O][Al]([O]C(=O)CCCCCCC/C=C\CCCCCCCCN1C=NCC1)[O]C(=O)CCCCCCC/C=C\CCCCCCCCN1C=NCC1. The van der Waals surface area contributed by atoms with Gasteiger partial charge in [-0.15, -0.1) is 0 Å². The number of aliphatic imine (C=N–C) groups is 3. The molecule has 0 bridgehead atoms. The summed E-state index contributed by atoms with van der Waals surface area (Å²) in [5.74, 6) is -1.32. The lowest BCUT2D eigenvalue weighted by Crippen LogP contribution is -2.34. The van der Waals surface area contributed by atoms with Gasteiger partial charge < -0.3 is 26.1 Å². The van der Waals surface area contributed by atoms with Crippen molar-refractivity contribution < 1.29 is 25.7 Å². The Morgan fingerprint density at radius 3 is 0.750 bits per heavy atom. The standard InChI is InChI=1S/3C21H38N2O2.Al/c3*24-21(25)16-14-12-10-8-6-4-2-1-3-5-7-9-11-13-15-18-23-19-17-22-20-23;/h3*1-2,20H,3-19H2,(H,24,25);/q;;;+3/p-3/b3*2-1-;. The lowest BCUT2D eigenvalue weighted by Gasteiger charge is -2.14. The molecule has 3 aliphatic rings. The van der Waals surface area contributed by atoms with Crippen LogP contribution in [0.1, 0.15) is 270 Å². The predicted octanol–water partition coefficient (Wildman–Crippen LogP) is 15.7. The van der Waals surface area contributed by atoms with E-state index in [2.05, 4.69) is 66.1 Å². The van der Waals surface area contributed by atoms with E-state index in [0.29, 0.717) is 19.3 Å². The minimum atomic E-state index is -3.30. The zero-order valence-corrected chi connectivity index (χ0v) is 49.6. The lowest BCUT2D eigenvalue weighted by atomic mass is 10.1. The third-order valence-corrected chi connectivity index (χ3v) is 16.3. The van der Waals surface area contributed by atoms with Crippen LogP contribution in [-0.4, -0.2) is 126 Å². The highest BCUT2D eigenvalue weighted by Gasteiger charge is 2.48. The molecule has 0 radical (unpaired) electrons. The van der Waals surface area contributed by atoms with Gasteiger partial charge in [-0.2, -0.15) is 0 Å². The molecule has 0 aliphatic carbocycles. The van der Waals surface area contributed by atoms with Crippen molar-refractivity contribution in [2.24, 2.45) is 15.0 Å². The van der Waals surface area contributed by atoms with E-state index in [-0.39, 0.29) is 19.3 Å². The van der Waals surface area contributed by atoms with E-state index in [1.54, 1.807) is 0 Å². The molecule has 0 fully saturated rings. The van der Waals surface area contributed by atoms with Crippen LogP contribution in [0.2, 0.25) is 0 Å². The molecule has 3 aliphatic heterocycles. The van der Waals surface area contributed by atoms with Gasteiger partial charge in [-0.1, -0.05) is 171 Å². The molecule has 0 aromatic carbocycles. The average molecular weight is 1080 g/mol. The van der Waals surface area contributed by atoms with Crippen LogP contribution in [0.3, 0.4) is 0 Å². The molecule has 432 valence electrons. The summed E-state index contributed by atoms with van der Waals surface area (Å²) in [4.78, 5) is 58.6. The van der Waals surface area contributed by atoms with E-state index in [9.17, 15) is 14.4 Å². The molecule has 0 N–H and O–H groups in total. The van der Waals surface area contributed by atoms with E-state index < -0.39 is 33.1 Å². The second-order valence-electron chi connectivity index (χ2n) is 22.0. The Balaban J connectivity index is 1.19. The topological polar surface area (TPSA) is 126 Å². The number of allylic oxidation sites excluding steroid dienone is 6. The highest BCUT2D eigenvalue weighted by molar-refractivity contribution is 6.44. The van der Waals surface area contributed by atoms with Crippen LogP contribution in [0.15, 0.2) is 51.4 Å². The maximum Gasteiger partial charge on any atom is 1.20 e. The normalized spacial score (nSPS) is 14.3. The number of hydrogen-bond donors (Lipinski definition) is 0. The van der Waals surface area contributed by atoms with Gasteiger partial charge in [0, 0.05) is 58.5 Å². The molecule has 3 heterocycles. The van der Waals surface area contributed by atoms with Gasteiger partial charge in [0.05, 0.1) is 38.6 Å². The summed E-state index contributed by atoms with van der Waals surface area (Å²) in [5.41, 5.74) is 0. The van der Waals surface area contributed by atoms with Crippen molar-refractivity contribution in [1.29, 1.82) is 0 Å². The largest absolute Gasteiger partial charge is 1.20 e. The number of carbonyl (C=O) groups is 3. The first-order valence-electron chi connectivity index (χ1n) is 31.8. The van der Waals surface area contributed by atoms with Crippen LogP contribution in [-0.2, 0) is 25.7 Å². The Morgan fingerprint density at radius 1 is 0.316 bits per heavy atom. The van der Waals surface area contributed by atoms with Crippen molar-refractivity contribution >= 4 is 52.1 Å². The Hall–Kier alpha value is -3.43. The summed E-state index contributed by atoms with van der Waals surface area (Å²) in [7, 11) is 0. The number of unbranched alkanes of at least 4 members (excludes halogenated alkanes) is 33. The van der Waals surface area contributed by atoms with Crippen LogP contribution in [0.5, 0.6) is 0 Å². The summed E-state index contributed by atoms with van der Waals surface area (Å²) in [6, 6.07) is 0. The molecule has 0 spiro atoms. The van der Waals surface area contributed by atoms with Gasteiger partial charge >= 0.3 is 15.1 Å². The second kappa shape index (κ2) is 51.0. The summed E-state index contributed by atoms with van der Waals surface area (Å²) < 4.78 is 16.8. The summed E-state index contributed by atoms with van der Waals surface area (Å²) in [6.07, 6.45) is 66.3. The maximum absolute atomic E-state index is 12.9. The zero-order chi connectivity index (χ0) is 53.7. The van der Waals surface area contributed by atoms with Crippen molar-refractivity contribution in [1.82, 2.24) is 14.7 Å². The smallest absolute Gasteiger partial charge is 0.551 e. The molecule has 13 heteroatoms. The fourth-order valence-electron chi connectivity index (χ4n) is 10.1. The van der Waals surface area contributed by atoms with Gasteiger partial charge in [0.1, 0.15) is 0 Å². The third kappa shape index (κ3) is 42.6. The third-order valence-electron chi connectivity index (χ3n) is 14.9. The van der Waals surface area contributed by atoms with Crippen molar-refractivity contribution in [2.45, 2.75) is 270 Å². The van der Waals surface area contributed by atoms with E-state index in [4.69, 9.17) is 11.4 Å². The Bertz CT molecular complexity index is 1410. The quantitative estimate of drug-likeness (QED) is 0.0332. The Labute approximate surface area is 470 Å². The Kier molecular flexibility index (Phi) is 44.9. The van der Waals surface area contributed by atoms with Crippen LogP contribution in [0, 0.1) is 0 Å². The predicted molar refractivity (Wildman–Crippen MR) is 320 cm³/mol. The lowest BCUT2D eigenvalue weighted by molar-refractivity contribution is -0.148. The molecule has 0 unspecified atom stereocenters. The molecule has 0 saturated heterocycles. The van der Waals surface area contributed by atoms with Crippen molar-refractivity contribution in [3.63, 3.8) is 0 Å². The minimum Gasteiger partial charge on any atom is -0.551 e. The average Bonchev–Trinajstić information content (AvgIpc) is 4.26. The zero-order valence-electron chi connectivity index (χ0n) is 48.5. The van der Waals surface area contributed by atoms with Gasteiger partial charge in [-0.05, 0) is 116 Å². The molecular formula is C63H111AlN6O6. The van der Waals surface area contributed by atoms with E-state index in [0.717, 1.165) is 155 Å². The molecule has 0 aromatic heterocycles. The minimum absolute atomic E-state index is 0.238. The maximum atomic E-state index is 12.9. The molecule has 0 amide bonds.